The molecular weight excluding hydrogens is 206 g/mol. The smallest absolute Gasteiger partial charge is 0.259 e. The van der Waals surface area contributed by atoms with Crippen molar-refractivity contribution in [2.75, 3.05) is 6.61 Å². The minimum Gasteiger partial charge on any atom is -0.367 e. The highest BCUT2D eigenvalue weighted by Crippen LogP contribution is 2.09. The maximum atomic E-state index is 12.7. The van der Waals surface area contributed by atoms with Crippen molar-refractivity contribution < 1.29 is 18.3 Å². The molecule has 0 saturated heterocycles. The molecule has 1 aromatic carbocycles. The Bertz CT molecular complexity index is 358. The first-order chi connectivity index (χ1) is 7.13. The summed E-state index contributed by atoms with van der Waals surface area (Å²) in [6.07, 6.45) is 0. The minimum absolute atomic E-state index is 0.0185. The lowest BCUT2D eigenvalue weighted by Gasteiger charge is -2.03. The van der Waals surface area contributed by atoms with Crippen molar-refractivity contribution in [3.63, 3.8) is 0 Å². The minimum atomic E-state index is -0.945. The normalized spacial score (nSPS) is 10.1. The van der Waals surface area contributed by atoms with Gasteiger partial charge >= 0.3 is 0 Å². The predicted molar refractivity (Wildman–Crippen MR) is 48.3 cm³/mol. The number of hydrazine groups is 1. The van der Waals surface area contributed by atoms with Gasteiger partial charge in [0.1, 0.15) is 6.61 Å². The van der Waals surface area contributed by atoms with Gasteiger partial charge in [0.2, 0.25) is 0 Å². The third-order valence-electron chi connectivity index (χ3n) is 1.65. The zero-order valence-corrected chi connectivity index (χ0v) is 7.80. The molecule has 0 atom stereocenters. The van der Waals surface area contributed by atoms with Gasteiger partial charge in [-0.2, -0.15) is 0 Å². The average molecular weight is 216 g/mol. The molecule has 82 valence electrons. The van der Waals surface area contributed by atoms with Crippen LogP contribution < -0.4 is 11.3 Å². The first-order valence-electron chi connectivity index (χ1n) is 4.14. The van der Waals surface area contributed by atoms with E-state index < -0.39 is 17.5 Å². The van der Waals surface area contributed by atoms with Crippen LogP contribution in [-0.2, 0) is 16.1 Å². The van der Waals surface area contributed by atoms with Gasteiger partial charge in [-0.3, -0.25) is 10.2 Å². The maximum Gasteiger partial charge on any atom is 0.259 e. The van der Waals surface area contributed by atoms with Crippen molar-refractivity contribution in [2.45, 2.75) is 6.61 Å². The van der Waals surface area contributed by atoms with E-state index in [9.17, 15) is 13.6 Å². The molecule has 0 aliphatic rings. The van der Waals surface area contributed by atoms with Crippen LogP contribution in [0.1, 0.15) is 5.56 Å². The zero-order valence-electron chi connectivity index (χ0n) is 7.80. The van der Waals surface area contributed by atoms with E-state index in [1.54, 1.807) is 0 Å². The summed E-state index contributed by atoms with van der Waals surface area (Å²) in [7, 11) is 0. The molecule has 0 bridgehead atoms. The summed E-state index contributed by atoms with van der Waals surface area (Å²) >= 11 is 0. The fourth-order valence-corrected chi connectivity index (χ4v) is 0.933. The van der Waals surface area contributed by atoms with Crippen molar-refractivity contribution in [3.05, 3.63) is 35.4 Å². The second kappa shape index (κ2) is 5.38. The van der Waals surface area contributed by atoms with Crippen LogP contribution in [0.2, 0.25) is 0 Å². The maximum absolute atomic E-state index is 12.7. The number of hydrogen-bond acceptors (Lipinski definition) is 3. The number of nitrogens with two attached hydrogens (primary N) is 1. The van der Waals surface area contributed by atoms with E-state index in [2.05, 4.69) is 0 Å². The lowest BCUT2D eigenvalue weighted by atomic mass is 10.2. The molecule has 0 aliphatic carbocycles. The largest absolute Gasteiger partial charge is 0.367 e. The number of carbonyl (C=O) groups is 1. The highest BCUT2D eigenvalue weighted by Gasteiger charge is 2.03. The van der Waals surface area contributed by atoms with Crippen molar-refractivity contribution >= 4 is 5.91 Å². The quantitative estimate of drug-likeness (QED) is 0.437. The number of carbonyl (C=O) groups excluding carboxylic acids is 1. The fraction of sp³-hybridized carbons (Fsp3) is 0.222. The van der Waals surface area contributed by atoms with E-state index in [1.807, 2.05) is 5.43 Å². The summed E-state index contributed by atoms with van der Waals surface area (Å²) in [6.45, 7) is -0.208. The molecule has 3 N–H and O–H groups in total. The van der Waals surface area contributed by atoms with Crippen molar-refractivity contribution in [2.24, 2.45) is 5.84 Å². The summed E-state index contributed by atoms with van der Waals surface area (Å²) in [4.78, 5) is 10.6. The second-order valence-electron chi connectivity index (χ2n) is 2.81. The van der Waals surface area contributed by atoms with Crippen LogP contribution in [-0.4, -0.2) is 12.5 Å². The topological polar surface area (TPSA) is 64.3 Å². The Morgan fingerprint density at radius 2 is 2.13 bits per heavy atom. The predicted octanol–water partition coefficient (Wildman–Crippen LogP) is 0.471. The summed E-state index contributed by atoms with van der Waals surface area (Å²) in [5.41, 5.74) is 2.32. The SMILES string of the molecule is NNC(=O)COCc1ccc(F)c(F)c1. The number of benzene rings is 1. The summed E-state index contributed by atoms with van der Waals surface area (Å²) in [5.74, 6) is 2.45. The number of ether oxygens (including phenoxy) is 1. The van der Waals surface area contributed by atoms with E-state index in [1.165, 1.54) is 6.07 Å². The van der Waals surface area contributed by atoms with E-state index in [0.717, 1.165) is 12.1 Å². The Hall–Kier alpha value is -1.53. The van der Waals surface area contributed by atoms with Crippen LogP contribution in [0, 0.1) is 11.6 Å². The lowest BCUT2D eigenvalue weighted by Crippen LogP contribution is -2.33. The molecule has 0 saturated carbocycles. The van der Waals surface area contributed by atoms with Gasteiger partial charge in [0.05, 0.1) is 6.61 Å². The molecule has 0 fully saturated rings. The Labute approximate surface area is 85.0 Å². The summed E-state index contributed by atoms with van der Waals surface area (Å²) < 4.78 is 30.1. The summed E-state index contributed by atoms with van der Waals surface area (Å²) in [6, 6.07) is 3.38. The van der Waals surface area contributed by atoms with E-state index >= 15 is 0 Å². The van der Waals surface area contributed by atoms with Crippen LogP contribution in [0.15, 0.2) is 18.2 Å². The molecule has 1 amide bonds. The molecule has 15 heavy (non-hydrogen) atoms. The van der Waals surface area contributed by atoms with E-state index in [0.29, 0.717) is 5.56 Å². The molecule has 0 heterocycles. The Kier molecular flexibility index (Phi) is 4.14. The molecular formula is C9H10F2N2O2. The monoisotopic (exact) mass is 216 g/mol. The molecule has 0 radical (unpaired) electrons. The first-order valence-corrected chi connectivity index (χ1v) is 4.14. The molecule has 6 heteroatoms. The third-order valence-corrected chi connectivity index (χ3v) is 1.65. The third kappa shape index (κ3) is 3.61. The molecule has 0 spiro atoms. The Morgan fingerprint density at radius 3 is 2.73 bits per heavy atom. The molecule has 0 unspecified atom stereocenters. The van der Waals surface area contributed by atoms with Crippen LogP contribution in [0.5, 0.6) is 0 Å². The zero-order chi connectivity index (χ0) is 11.3. The molecule has 0 aliphatic heterocycles. The van der Waals surface area contributed by atoms with Gasteiger partial charge in [-0.05, 0) is 17.7 Å². The summed E-state index contributed by atoms with van der Waals surface area (Å²) in [5, 5.41) is 0. The van der Waals surface area contributed by atoms with Gasteiger partial charge in [0, 0.05) is 0 Å². The van der Waals surface area contributed by atoms with Gasteiger partial charge in [-0.15, -0.1) is 0 Å². The number of rotatable bonds is 4. The Morgan fingerprint density at radius 1 is 1.40 bits per heavy atom. The standard InChI is InChI=1S/C9H10F2N2O2/c10-7-2-1-6(3-8(7)11)4-15-5-9(14)13-12/h1-3H,4-5,12H2,(H,13,14). The van der Waals surface area contributed by atoms with Crippen LogP contribution >= 0.6 is 0 Å². The van der Waals surface area contributed by atoms with Gasteiger partial charge < -0.3 is 4.74 Å². The van der Waals surface area contributed by atoms with Gasteiger partial charge in [0.25, 0.3) is 5.91 Å². The second-order valence-corrected chi connectivity index (χ2v) is 2.81. The highest BCUT2D eigenvalue weighted by atomic mass is 19.2. The van der Waals surface area contributed by atoms with E-state index in [4.69, 9.17) is 10.6 Å². The molecule has 1 aromatic rings. The van der Waals surface area contributed by atoms with Gasteiger partial charge in [-0.25, -0.2) is 14.6 Å². The van der Waals surface area contributed by atoms with Crippen molar-refractivity contribution in [1.29, 1.82) is 0 Å². The van der Waals surface area contributed by atoms with E-state index in [-0.39, 0.29) is 13.2 Å². The number of halogens is 2. The van der Waals surface area contributed by atoms with Crippen LogP contribution in [0.3, 0.4) is 0 Å². The van der Waals surface area contributed by atoms with Crippen LogP contribution in [0.4, 0.5) is 8.78 Å². The highest BCUT2D eigenvalue weighted by molar-refractivity contribution is 5.76. The fourth-order valence-electron chi connectivity index (χ4n) is 0.933. The average Bonchev–Trinajstić information content (AvgIpc) is 2.23. The number of nitrogens with one attached hydrogen (secondary N) is 1. The lowest BCUT2D eigenvalue weighted by molar-refractivity contribution is -0.126. The first kappa shape index (κ1) is 11.5. The molecule has 4 nitrogen and oxygen atoms in total. The van der Waals surface area contributed by atoms with Gasteiger partial charge in [0.15, 0.2) is 11.6 Å². The molecule has 1 rings (SSSR count). The van der Waals surface area contributed by atoms with Gasteiger partial charge in [-0.1, -0.05) is 6.07 Å². The Balaban J connectivity index is 2.44. The number of hydrogen-bond donors (Lipinski definition) is 2. The number of amides is 1. The molecule has 0 aromatic heterocycles. The van der Waals surface area contributed by atoms with Crippen molar-refractivity contribution in [3.8, 4) is 0 Å². The van der Waals surface area contributed by atoms with Crippen LogP contribution in [0.25, 0.3) is 0 Å². The van der Waals surface area contributed by atoms with Crippen molar-refractivity contribution in [1.82, 2.24) is 5.43 Å².